The number of allylic oxidation sites excluding steroid dienone is 1. The quantitative estimate of drug-likeness (QED) is 0.731. The van der Waals surface area contributed by atoms with Crippen molar-refractivity contribution >= 4 is 0 Å². The Kier molecular flexibility index (Phi) is 2.86. The maximum atomic E-state index is 2.84. The monoisotopic (exact) mass is 293 g/mol. The second kappa shape index (κ2) is 4.71. The minimum absolute atomic E-state index is 0.405. The van der Waals surface area contributed by atoms with Crippen LogP contribution in [0, 0.1) is 12.8 Å². The van der Waals surface area contributed by atoms with Crippen LogP contribution in [0.25, 0.3) is 0 Å². The number of hydrogen-bond donors (Lipinski definition) is 0. The first-order valence-electron chi connectivity index (χ1n) is 9.31. The van der Waals surface area contributed by atoms with Gasteiger partial charge in [-0.05, 0) is 81.0 Å². The van der Waals surface area contributed by atoms with E-state index in [1.807, 2.05) is 5.57 Å². The molecule has 1 heterocycles. The zero-order chi connectivity index (χ0) is 14.7. The van der Waals surface area contributed by atoms with Crippen LogP contribution in [-0.4, -0.2) is 24.0 Å². The van der Waals surface area contributed by atoms with Gasteiger partial charge in [-0.15, -0.1) is 0 Å². The molecule has 1 saturated heterocycles. The van der Waals surface area contributed by atoms with Crippen LogP contribution in [0.2, 0.25) is 0 Å². The van der Waals surface area contributed by atoms with Crippen LogP contribution in [-0.2, 0) is 11.8 Å². The van der Waals surface area contributed by atoms with Crippen molar-refractivity contribution in [3.8, 4) is 0 Å². The van der Waals surface area contributed by atoms with Gasteiger partial charge in [0.1, 0.15) is 0 Å². The number of benzene rings is 1. The molecule has 1 aromatic carbocycles. The molecule has 1 aromatic rings. The second-order valence-electron chi connectivity index (χ2n) is 8.20. The van der Waals surface area contributed by atoms with Gasteiger partial charge in [0.15, 0.2) is 0 Å². The van der Waals surface area contributed by atoms with Gasteiger partial charge in [0.2, 0.25) is 0 Å². The summed E-state index contributed by atoms with van der Waals surface area (Å²) >= 11 is 0. The van der Waals surface area contributed by atoms with Crippen LogP contribution < -0.4 is 0 Å². The molecule has 4 aliphatic rings. The van der Waals surface area contributed by atoms with Crippen LogP contribution in [0.3, 0.4) is 0 Å². The zero-order valence-electron chi connectivity index (χ0n) is 13.8. The first-order chi connectivity index (χ1) is 10.8. The van der Waals surface area contributed by atoms with Crippen LogP contribution in [0.5, 0.6) is 0 Å². The third kappa shape index (κ3) is 1.88. The van der Waals surface area contributed by atoms with E-state index in [0.29, 0.717) is 11.5 Å². The maximum Gasteiger partial charge on any atom is 0.0356 e. The average Bonchev–Trinajstić information content (AvgIpc) is 3.35. The number of aryl methyl sites for hydroxylation is 1. The molecule has 22 heavy (non-hydrogen) atoms. The average molecular weight is 293 g/mol. The molecule has 2 bridgehead atoms. The number of hydrogen-bond acceptors (Lipinski definition) is 1. The molecule has 1 nitrogen and oxygen atoms in total. The Morgan fingerprint density at radius 2 is 2.14 bits per heavy atom. The predicted molar refractivity (Wildman–Crippen MR) is 91.2 cm³/mol. The number of fused-ring (bicyclic) bond motifs is 1. The lowest BCUT2D eigenvalue weighted by Gasteiger charge is -2.55. The molecule has 5 rings (SSSR count). The standard InChI is InChI=1S/C21H27N/c1-15-5-8-17-13-20-18-4-2-3-9-21(18,19(17)12-15)10-11-22(20)14-16-6-7-16/h4-5,8,12,16,20H,2-3,6-7,9-11,13-14H2,1H3/t20-,21-/m1/s1. The van der Waals surface area contributed by atoms with Gasteiger partial charge in [0.25, 0.3) is 0 Å². The van der Waals surface area contributed by atoms with Gasteiger partial charge in [0, 0.05) is 18.0 Å². The number of rotatable bonds is 2. The van der Waals surface area contributed by atoms with E-state index in [1.165, 1.54) is 63.6 Å². The Bertz CT molecular complexity index is 639. The van der Waals surface area contributed by atoms with Crippen LogP contribution in [0.15, 0.2) is 29.8 Å². The van der Waals surface area contributed by atoms with Crippen molar-refractivity contribution in [2.24, 2.45) is 5.92 Å². The van der Waals surface area contributed by atoms with E-state index in [1.54, 1.807) is 11.1 Å². The molecule has 1 saturated carbocycles. The fourth-order valence-corrected chi connectivity index (χ4v) is 5.45. The highest BCUT2D eigenvalue weighted by Crippen LogP contribution is 2.54. The molecule has 0 spiro atoms. The first-order valence-corrected chi connectivity index (χ1v) is 9.31. The fraction of sp³-hybridized carbons (Fsp3) is 0.619. The highest BCUT2D eigenvalue weighted by atomic mass is 15.2. The number of piperidine rings is 1. The summed E-state index contributed by atoms with van der Waals surface area (Å²) in [6, 6.07) is 7.99. The maximum absolute atomic E-state index is 2.84. The minimum atomic E-state index is 0.405. The van der Waals surface area contributed by atoms with Gasteiger partial charge in [0.05, 0.1) is 0 Å². The summed E-state index contributed by atoms with van der Waals surface area (Å²) in [7, 11) is 0. The van der Waals surface area contributed by atoms with E-state index in [9.17, 15) is 0 Å². The number of likely N-dealkylation sites (tertiary alicyclic amines) is 1. The normalized spacial score (nSPS) is 33.9. The highest BCUT2D eigenvalue weighted by molar-refractivity contribution is 5.52. The van der Waals surface area contributed by atoms with Gasteiger partial charge >= 0.3 is 0 Å². The van der Waals surface area contributed by atoms with Crippen molar-refractivity contribution in [3.05, 3.63) is 46.5 Å². The smallest absolute Gasteiger partial charge is 0.0356 e. The summed E-state index contributed by atoms with van der Waals surface area (Å²) in [5.74, 6) is 1.01. The summed E-state index contributed by atoms with van der Waals surface area (Å²) in [6.07, 6.45) is 12.3. The molecule has 2 atom stereocenters. The lowest BCUT2D eigenvalue weighted by molar-refractivity contribution is 0.122. The summed E-state index contributed by atoms with van der Waals surface area (Å²) in [5.41, 5.74) is 7.00. The Morgan fingerprint density at radius 1 is 1.23 bits per heavy atom. The molecule has 116 valence electrons. The van der Waals surface area contributed by atoms with Gasteiger partial charge in [-0.25, -0.2) is 0 Å². The summed E-state index contributed by atoms with van der Waals surface area (Å²) in [5, 5.41) is 0. The predicted octanol–water partition coefficient (Wildman–Crippen LogP) is 4.38. The molecule has 0 N–H and O–H groups in total. The molecule has 0 amide bonds. The summed E-state index contributed by atoms with van der Waals surface area (Å²) in [4.78, 5) is 2.84. The van der Waals surface area contributed by atoms with E-state index in [2.05, 4.69) is 36.1 Å². The molecule has 0 radical (unpaired) electrons. The Morgan fingerprint density at radius 3 is 3.00 bits per heavy atom. The van der Waals surface area contributed by atoms with Gasteiger partial charge in [-0.3, -0.25) is 4.90 Å². The zero-order valence-corrected chi connectivity index (χ0v) is 13.8. The molecular formula is C21H27N. The van der Waals surface area contributed by atoms with E-state index in [0.717, 1.165) is 5.92 Å². The third-order valence-corrected chi connectivity index (χ3v) is 6.73. The molecule has 2 fully saturated rings. The largest absolute Gasteiger partial charge is 0.296 e. The lowest BCUT2D eigenvalue weighted by Crippen LogP contribution is -2.56. The van der Waals surface area contributed by atoms with E-state index in [4.69, 9.17) is 0 Å². The van der Waals surface area contributed by atoms with Crippen LogP contribution in [0.1, 0.15) is 55.2 Å². The third-order valence-electron chi connectivity index (χ3n) is 6.73. The number of nitrogens with zero attached hydrogens (tertiary/aromatic N) is 1. The van der Waals surface area contributed by atoms with E-state index < -0.39 is 0 Å². The topological polar surface area (TPSA) is 3.24 Å². The van der Waals surface area contributed by atoms with Crippen LogP contribution >= 0.6 is 0 Å². The lowest BCUT2D eigenvalue weighted by atomic mass is 9.56. The Balaban J connectivity index is 1.62. The molecular weight excluding hydrogens is 266 g/mol. The summed E-state index contributed by atoms with van der Waals surface area (Å²) in [6.45, 7) is 4.95. The SMILES string of the molecule is Cc1ccc2c(c1)[C@@]13CCCC=C1[C@@H](C2)N(CC1CC1)CC3. The highest BCUT2D eigenvalue weighted by Gasteiger charge is 2.50. The van der Waals surface area contributed by atoms with E-state index in [-0.39, 0.29) is 0 Å². The van der Waals surface area contributed by atoms with Crippen LogP contribution in [0.4, 0.5) is 0 Å². The van der Waals surface area contributed by atoms with E-state index >= 15 is 0 Å². The molecule has 1 aliphatic heterocycles. The molecule has 3 aliphatic carbocycles. The van der Waals surface area contributed by atoms with Crippen molar-refractivity contribution in [2.75, 3.05) is 13.1 Å². The fourth-order valence-electron chi connectivity index (χ4n) is 5.45. The van der Waals surface area contributed by atoms with Gasteiger partial charge < -0.3 is 0 Å². The molecule has 0 unspecified atom stereocenters. The second-order valence-corrected chi connectivity index (χ2v) is 8.20. The minimum Gasteiger partial charge on any atom is -0.296 e. The van der Waals surface area contributed by atoms with Crippen molar-refractivity contribution in [1.29, 1.82) is 0 Å². The molecule has 0 aromatic heterocycles. The van der Waals surface area contributed by atoms with Gasteiger partial charge in [-0.2, -0.15) is 0 Å². The van der Waals surface area contributed by atoms with Gasteiger partial charge in [-0.1, -0.05) is 29.8 Å². The molecule has 1 heteroatoms. The van der Waals surface area contributed by atoms with Crippen molar-refractivity contribution in [2.45, 2.75) is 63.3 Å². The van der Waals surface area contributed by atoms with Crippen molar-refractivity contribution < 1.29 is 0 Å². The summed E-state index contributed by atoms with van der Waals surface area (Å²) < 4.78 is 0. The Labute approximate surface area is 134 Å². The Hall–Kier alpha value is -1.08. The van der Waals surface area contributed by atoms with Crippen molar-refractivity contribution in [3.63, 3.8) is 0 Å². The first kappa shape index (κ1) is 13.4. The van der Waals surface area contributed by atoms with Crippen molar-refractivity contribution in [1.82, 2.24) is 4.90 Å².